The zero-order valence-electron chi connectivity index (χ0n) is 19.2. The largest absolute Gasteiger partial charge is 0.348 e. The summed E-state index contributed by atoms with van der Waals surface area (Å²) in [4.78, 5) is 12.6. The fraction of sp³-hybridized carbons (Fsp3) is 0.345. The maximum absolute atomic E-state index is 12.6. The zero-order valence-corrected chi connectivity index (χ0v) is 19.2. The number of rotatable bonds is 7. The lowest BCUT2D eigenvalue weighted by atomic mass is 9.75. The highest BCUT2D eigenvalue weighted by atomic mass is 16.1. The van der Waals surface area contributed by atoms with Crippen LogP contribution in [0.4, 0.5) is 0 Å². The van der Waals surface area contributed by atoms with Gasteiger partial charge in [-0.1, -0.05) is 80.6 Å². The fourth-order valence-corrected chi connectivity index (χ4v) is 4.40. The molecule has 0 aromatic heterocycles. The van der Waals surface area contributed by atoms with Crippen LogP contribution in [0.5, 0.6) is 0 Å². The Kier molecular flexibility index (Phi) is 7.06. The number of carbonyl (C=O) groups excluding carboxylic acids is 1. The van der Waals surface area contributed by atoms with Crippen LogP contribution in [-0.4, -0.2) is 11.9 Å². The quantitative estimate of drug-likeness (QED) is 0.463. The molecule has 0 bridgehead atoms. The predicted octanol–water partition coefficient (Wildman–Crippen LogP) is 6.34. The molecule has 0 aliphatic heterocycles. The number of benzene rings is 3. The molecule has 3 aromatic rings. The van der Waals surface area contributed by atoms with Gasteiger partial charge in [0, 0.05) is 24.7 Å². The summed E-state index contributed by atoms with van der Waals surface area (Å²) in [5, 5.41) is 6.74. The Labute approximate surface area is 192 Å². The molecule has 3 heteroatoms. The molecule has 166 valence electrons. The molecule has 0 spiro atoms. The Morgan fingerprint density at radius 3 is 2.22 bits per heavy atom. The van der Waals surface area contributed by atoms with Crippen molar-refractivity contribution in [3.8, 4) is 11.1 Å². The highest BCUT2D eigenvalue weighted by Gasteiger charge is 2.26. The van der Waals surface area contributed by atoms with Crippen LogP contribution >= 0.6 is 0 Å². The van der Waals surface area contributed by atoms with E-state index in [4.69, 9.17) is 0 Å². The number of hydrogen-bond donors (Lipinski definition) is 2. The van der Waals surface area contributed by atoms with Gasteiger partial charge in [-0.25, -0.2) is 0 Å². The molecule has 0 heterocycles. The third-order valence-electron chi connectivity index (χ3n) is 6.64. The summed E-state index contributed by atoms with van der Waals surface area (Å²) >= 11 is 0. The van der Waals surface area contributed by atoms with Crippen LogP contribution in [0.25, 0.3) is 11.1 Å². The summed E-state index contributed by atoms with van der Waals surface area (Å²) in [6, 6.07) is 27.2. The molecular weight excluding hydrogens is 392 g/mol. The third kappa shape index (κ3) is 6.08. The van der Waals surface area contributed by atoms with Crippen LogP contribution in [0.1, 0.15) is 61.0 Å². The monoisotopic (exact) mass is 426 g/mol. The maximum Gasteiger partial charge on any atom is 0.251 e. The summed E-state index contributed by atoms with van der Waals surface area (Å²) in [5.74, 6) is -0.0489. The van der Waals surface area contributed by atoms with Gasteiger partial charge in [0.05, 0.1) is 0 Å². The molecule has 4 rings (SSSR count). The second kappa shape index (κ2) is 10.1. The van der Waals surface area contributed by atoms with Gasteiger partial charge in [-0.15, -0.1) is 0 Å². The second-order valence-electron chi connectivity index (χ2n) is 9.77. The van der Waals surface area contributed by atoms with Crippen molar-refractivity contribution in [3.05, 3.63) is 95.6 Å². The van der Waals surface area contributed by atoms with Crippen molar-refractivity contribution in [1.82, 2.24) is 10.6 Å². The molecule has 1 aliphatic carbocycles. The van der Waals surface area contributed by atoms with E-state index < -0.39 is 0 Å². The van der Waals surface area contributed by atoms with Crippen LogP contribution in [0.3, 0.4) is 0 Å². The SMILES string of the molecule is CC1(C)CCC(NCc2ccc(-c3cccc(C(=O)NCc4ccccc4)c3)cc2)CC1. The molecule has 1 saturated carbocycles. The van der Waals surface area contributed by atoms with Crippen molar-refractivity contribution in [2.75, 3.05) is 0 Å². The maximum atomic E-state index is 12.6. The first kappa shape index (κ1) is 22.3. The van der Waals surface area contributed by atoms with Crippen molar-refractivity contribution in [2.24, 2.45) is 5.41 Å². The highest BCUT2D eigenvalue weighted by molar-refractivity contribution is 5.95. The van der Waals surface area contributed by atoms with Gasteiger partial charge in [0.1, 0.15) is 0 Å². The first-order valence-electron chi connectivity index (χ1n) is 11.7. The van der Waals surface area contributed by atoms with Crippen molar-refractivity contribution in [3.63, 3.8) is 0 Å². The van der Waals surface area contributed by atoms with Gasteiger partial charge in [-0.3, -0.25) is 4.79 Å². The van der Waals surface area contributed by atoms with E-state index in [1.54, 1.807) is 0 Å². The Morgan fingerprint density at radius 1 is 0.812 bits per heavy atom. The Balaban J connectivity index is 1.33. The molecule has 0 saturated heterocycles. The fourth-order valence-electron chi connectivity index (χ4n) is 4.40. The predicted molar refractivity (Wildman–Crippen MR) is 132 cm³/mol. The molecule has 0 unspecified atom stereocenters. The molecule has 32 heavy (non-hydrogen) atoms. The first-order valence-corrected chi connectivity index (χ1v) is 11.7. The second-order valence-corrected chi connectivity index (χ2v) is 9.77. The summed E-state index contributed by atoms with van der Waals surface area (Å²) < 4.78 is 0. The van der Waals surface area contributed by atoms with Crippen LogP contribution < -0.4 is 10.6 Å². The van der Waals surface area contributed by atoms with E-state index >= 15 is 0 Å². The summed E-state index contributed by atoms with van der Waals surface area (Å²) in [7, 11) is 0. The van der Waals surface area contributed by atoms with Gasteiger partial charge in [0.25, 0.3) is 5.91 Å². The van der Waals surface area contributed by atoms with E-state index in [-0.39, 0.29) is 5.91 Å². The van der Waals surface area contributed by atoms with Crippen LogP contribution in [-0.2, 0) is 13.1 Å². The van der Waals surface area contributed by atoms with E-state index in [0.29, 0.717) is 23.6 Å². The molecule has 0 radical (unpaired) electrons. The minimum atomic E-state index is -0.0489. The number of amides is 1. The number of nitrogens with one attached hydrogen (secondary N) is 2. The van der Waals surface area contributed by atoms with Crippen molar-refractivity contribution in [1.29, 1.82) is 0 Å². The average Bonchev–Trinajstić information content (AvgIpc) is 2.83. The van der Waals surface area contributed by atoms with Crippen LogP contribution in [0.15, 0.2) is 78.9 Å². The topological polar surface area (TPSA) is 41.1 Å². The third-order valence-corrected chi connectivity index (χ3v) is 6.64. The minimum Gasteiger partial charge on any atom is -0.348 e. The van der Waals surface area contributed by atoms with Crippen LogP contribution in [0.2, 0.25) is 0 Å². The van der Waals surface area contributed by atoms with Gasteiger partial charge in [0.15, 0.2) is 0 Å². The lowest BCUT2D eigenvalue weighted by molar-refractivity contribution is 0.0951. The van der Waals surface area contributed by atoms with E-state index in [1.807, 2.05) is 48.5 Å². The summed E-state index contributed by atoms with van der Waals surface area (Å²) in [5.41, 5.74) is 5.78. The van der Waals surface area contributed by atoms with Gasteiger partial charge >= 0.3 is 0 Å². The van der Waals surface area contributed by atoms with Gasteiger partial charge in [-0.05, 0) is 65.5 Å². The van der Waals surface area contributed by atoms with Gasteiger partial charge < -0.3 is 10.6 Å². The number of carbonyl (C=O) groups is 1. The summed E-state index contributed by atoms with van der Waals surface area (Å²) in [6.45, 7) is 6.20. The molecule has 3 nitrogen and oxygen atoms in total. The molecule has 0 atom stereocenters. The lowest BCUT2D eigenvalue weighted by Crippen LogP contribution is -2.35. The van der Waals surface area contributed by atoms with E-state index in [0.717, 1.165) is 23.2 Å². The average molecular weight is 427 g/mol. The smallest absolute Gasteiger partial charge is 0.251 e. The van der Waals surface area contributed by atoms with E-state index in [9.17, 15) is 4.79 Å². The molecule has 1 amide bonds. The molecular formula is C29H34N2O. The van der Waals surface area contributed by atoms with E-state index in [1.165, 1.54) is 31.2 Å². The molecule has 2 N–H and O–H groups in total. The Morgan fingerprint density at radius 2 is 1.50 bits per heavy atom. The van der Waals surface area contributed by atoms with Crippen molar-refractivity contribution in [2.45, 2.75) is 58.7 Å². The highest BCUT2D eigenvalue weighted by Crippen LogP contribution is 2.35. The van der Waals surface area contributed by atoms with Crippen LogP contribution in [0, 0.1) is 5.41 Å². The zero-order chi connectivity index (χ0) is 22.4. The van der Waals surface area contributed by atoms with Gasteiger partial charge in [0.2, 0.25) is 0 Å². The summed E-state index contributed by atoms with van der Waals surface area (Å²) in [6.07, 6.45) is 5.15. The number of hydrogen-bond acceptors (Lipinski definition) is 2. The molecule has 1 fully saturated rings. The first-order chi connectivity index (χ1) is 15.5. The lowest BCUT2D eigenvalue weighted by Gasteiger charge is -2.34. The van der Waals surface area contributed by atoms with Crippen molar-refractivity contribution < 1.29 is 4.79 Å². The normalized spacial score (nSPS) is 15.9. The molecule has 1 aliphatic rings. The van der Waals surface area contributed by atoms with Gasteiger partial charge in [-0.2, -0.15) is 0 Å². The van der Waals surface area contributed by atoms with Crippen molar-refractivity contribution >= 4 is 5.91 Å². The standard InChI is InChI=1S/C29H34N2O/c1-29(2)17-15-27(16-18-29)30-20-23-11-13-24(14-12-23)25-9-6-10-26(19-25)28(32)31-21-22-7-4-3-5-8-22/h3-14,19,27,30H,15-18,20-21H2,1-2H3,(H,31,32). The van der Waals surface area contributed by atoms with E-state index in [2.05, 4.69) is 54.8 Å². The Bertz CT molecular complexity index is 1010. The Hall–Kier alpha value is -2.91. The molecule has 3 aromatic carbocycles. The minimum absolute atomic E-state index is 0.0489.